The first-order valence-electron chi connectivity index (χ1n) is 9.95. The van der Waals surface area contributed by atoms with Crippen LogP contribution in [-0.4, -0.2) is 30.6 Å². The topological polar surface area (TPSA) is 37.4 Å². The second-order valence-corrected chi connectivity index (χ2v) is 10.8. The molecule has 0 heterocycles. The maximum absolute atomic E-state index is 14.7. The predicted molar refractivity (Wildman–Crippen MR) is 113 cm³/mol. The Balaban J connectivity index is 2.10. The zero-order valence-electron chi connectivity index (χ0n) is 16.4. The summed E-state index contributed by atoms with van der Waals surface area (Å²) in [5, 5.41) is 1.57. The van der Waals surface area contributed by atoms with E-state index in [1.807, 2.05) is 60.7 Å². The summed E-state index contributed by atoms with van der Waals surface area (Å²) in [5.74, 6) is 0.463. The van der Waals surface area contributed by atoms with Gasteiger partial charge in [0, 0.05) is 24.7 Å². The minimum absolute atomic E-state index is 0.0170. The first-order chi connectivity index (χ1) is 13.0. The first kappa shape index (κ1) is 19.9. The Labute approximate surface area is 163 Å². The third-order valence-corrected chi connectivity index (χ3v) is 9.17. The predicted octanol–water partition coefficient (Wildman–Crippen LogP) is 4.43. The maximum atomic E-state index is 14.7. The van der Waals surface area contributed by atoms with Crippen molar-refractivity contribution < 1.29 is 9.36 Å². The lowest BCUT2D eigenvalue weighted by atomic mass is 9.86. The second kappa shape index (κ2) is 8.89. The highest BCUT2D eigenvalue weighted by Gasteiger charge is 2.43. The number of hydrogen-bond acceptors (Lipinski definition) is 2. The van der Waals surface area contributed by atoms with Crippen LogP contribution in [0.3, 0.4) is 0 Å². The number of rotatable bonds is 6. The molecule has 3 nitrogen and oxygen atoms in total. The molecule has 1 fully saturated rings. The van der Waals surface area contributed by atoms with Gasteiger partial charge in [0.05, 0.1) is 5.66 Å². The van der Waals surface area contributed by atoms with Gasteiger partial charge in [-0.25, -0.2) is 0 Å². The third-order valence-electron chi connectivity index (χ3n) is 5.73. The Hall–Kier alpha value is -1.86. The van der Waals surface area contributed by atoms with Crippen LogP contribution < -0.4 is 10.6 Å². The van der Waals surface area contributed by atoms with E-state index in [0.29, 0.717) is 12.3 Å². The molecule has 1 atom stereocenters. The average molecular weight is 383 g/mol. The fraction of sp³-hybridized carbons (Fsp3) is 0.435. The smallest absolute Gasteiger partial charge is 0.233 e. The summed E-state index contributed by atoms with van der Waals surface area (Å²) in [6, 6.07) is 19.2. The van der Waals surface area contributed by atoms with Gasteiger partial charge in [-0.15, -0.1) is 0 Å². The van der Waals surface area contributed by atoms with Crippen LogP contribution in [0.2, 0.25) is 0 Å². The van der Waals surface area contributed by atoms with Crippen LogP contribution in [0.4, 0.5) is 0 Å². The molecule has 0 N–H and O–H groups in total. The Morgan fingerprint density at radius 2 is 1.41 bits per heavy atom. The molecule has 2 aromatic rings. The normalized spacial score (nSPS) is 16.7. The first-order valence-corrected chi connectivity index (χ1v) is 11.7. The highest BCUT2D eigenvalue weighted by Crippen LogP contribution is 2.52. The van der Waals surface area contributed by atoms with Crippen LogP contribution >= 0.6 is 7.14 Å². The lowest BCUT2D eigenvalue weighted by molar-refractivity contribution is -0.128. The third kappa shape index (κ3) is 4.35. The number of nitrogens with zero attached hydrogens (tertiary/aromatic N) is 1. The van der Waals surface area contributed by atoms with E-state index in [2.05, 4.69) is 0 Å². The molecule has 0 saturated heterocycles. The molecular weight excluding hydrogens is 353 g/mol. The average Bonchev–Trinajstić information content (AvgIpc) is 2.73. The molecule has 0 spiro atoms. The SMILES string of the molecule is CN(C)C(=O)C(CC1CCCCC1)P(=O)(c1ccccc1)c1ccccc1. The van der Waals surface area contributed by atoms with Gasteiger partial charge in [0.2, 0.25) is 5.91 Å². The summed E-state index contributed by atoms with van der Waals surface area (Å²) in [5.41, 5.74) is -0.500. The summed E-state index contributed by atoms with van der Waals surface area (Å²) in [6.07, 6.45) is 6.69. The minimum atomic E-state index is -3.10. The maximum Gasteiger partial charge on any atom is 0.233 e. The van der Waals surface area contributed by atoms with Crippen LogP contribution in [0.25, 0.3) is 0 Å². The highest BCUT2D eigenvalue weighted by atomic mass is 31.2. The molecule has 1 saturated carbocycles. The molecule has 27 heavy (non-hydrogen) atoms. The highest BCUT2D eigenvalue weighted by molar-refractivity contribution is 7.80. The van der Waals surface area contributed by atoms with Crippen molar-refractivity contribution in [1.29, 1.82) is 0 Å². The van der Waals surface area contributed by atoms with Crippen LogP contribution in [0.1, 0.15) is 38.5 Å². The number of amides is 1. The van der Waals surface area contributed by atoms with Crippen molar-refractivity contribution in [3.05, 3.63) is 60.7 Å². The molecule has 0 radical (unpaired) electrons. The van der Waals surface area contributed by atoms with E-state index in [0.717, 1.165) is 23.5 Å². The fourth-order valence-electron chi connectivity index (χ4n) is 4.25. The van der Waals surface area contributed by atoms with E-state index in [-0.39, 0.29) is 5.91 Å². The fourth-order valence-corrected chi connectivity index (χ4v) is 7.63. The van der Waals surface area contributed by atoms with Crippen LogP contribution in [0, 0.1) is 5.92 Å². The molecule has 144 valence electrons. The van der Waals surface area contributed by atoms with Crippen LogP contribution in [0.15, 0.2) is 60.7 Å². The van der Waals surface area contributed by atoms with Gasteiger partial charge in [0.25, 0.3) is 0 Å². The van der Waals surface area contributed by atoms with Crippen LogP contribution in [-0.2, 0) is 9.36 Å². The number of carbonyl (C=O) groups is 1. The van der Waals surface area contributed by atoms with Crippen molar-refractivity contribution in [2.45, 2.75) is 44.2 Å². The summed E-state index contributed by atoms with van der Waals surface area (Å²) in [7, 11) is 0.447. The Kier molecular flexibility index (Phi) is 6.55. The summed E-state index contributed by atoms with van der Waals surface area (Å²) in [4.78, 5) is 14.9. The number of hydrogen-bond donors (Lipinski definition) is 0. The van der Waals surface area contributed by atoms with Crippen molar-refractivity contribution >= 4 is 23.7 Å². The molecule has 0 bridgehead atoms. The van der Waals surface area contributed by atoms with E-state index in [1.54, 1.807) is 19.0 Å². The molecular formula is C23H30NO2P. The molecule has 1 unspecified atom stereocenters. The van der Waals surface area contributed by atoms with Gasteiger partial charge in [-0.05, 0) is 12.3 Å². The molecule has 2 aromatic carbocycles. The largest absolute Gasteiger partial charge is 0.348 e. The molecule has 4 heteroatoms. The lowest BCUT2D eigenvalue weighted by Gasteiger charge is -2.33. The van der Waals surface area contributed by atoms with E-state index in [4.69, 9.17) is 0 Å². The summed E-state index contributed by atoms with van der Waals surface area (Å²) < 4.78 is 14.7. The molecule has 3 rings (SSSR count). The van der Waals surface area contributed by atoms with Gasteiger partial charge in [-0.2, -0.15) is 0 Å². The van der Waals surface area contributed by atoms with E-state index < -0.39 is 12.8 Å². The van der Waals surface area contributed by atoms with Crippen molar-refractivity contribution in [3.63, 3.8) is 0 Å². The monoisotopic (exact) mass is 383 g/mol. The van der Waals surface area contributed by atoms with Gasteiger partial charge in [0.1, 0.15) is 0 Å². The summed E-state index contributed by atoms with van der Waals surface area (Å²) in [6.45, 7) is 0. The van der Waals surface area contributed by atoms with Crippen molar-refractivity contribution in [2.24, 2.45) is 5.92 Å². The lowest BCUT2D eigenvalue weighted by Crippen LogP contribution is -2.40. The molecule has 0 aromatic heterocycles. The van der Waals surface area contributed by atoms with E-state index in [1.165, 1.54) is 19.3 Å². The molecule has 1 amide bonds. The molecule has 1 aliphatic carbocycles. The van der Waals surface area contributed by atoms with Crippen molar-refractivity contribution in [3.8, 4) is 0 Å². The van der Waals surface area contributed by atoms with E-state index >= 15 is 0 Å². The van der Waals surface area contributed by atoms with Gasteiger partial charge in [-0.1, -0.05) is 92.8 Å². The second-order valence-electron chi connectivity index (χ2n) is 7.82. The Bertz CT molecular complexity index is 739. The van der Waals surface area contributed by atoms with Crippen molar-refractivity contribution in [2.75, 3.05) is 14.1 Å². The minimum Gasteiger partial charge on any atom is -0.348 e. The molecule has 1 aliphatic rings. The summed E-state index contributed by atoms with van der Waals surface area (Å²) >= 11 is 0. The van der Waals surface area contributed by atoms with Crippen molar-refractivity contribution in [1.82, 2.24) is 4.90 Å². The van der Waals surface area contributed by atoms with Crippen LogP contribution in [0.5, 0.6) is 0 Å². The number of benzene rings is 2. The zero-order valence-corrected chi connectivity index (χ0v) is 17.3. The Morgan fingerprint density at radius 3 is 1.85 bits per heavy atom. The quantitative estimate of drug-likeness (QED) is 0.692. The standard InChI is InChI=1S/C23H30NO2P/c1-24(2)23(25)22(18-19-12-6-3-7-13-19)27(26,20-14-8-4-9-15-20)21-16-10-5-11-17-21/h4-5,8-11,14-17,19,22H,3,6-7,12-13,18H2,1-2H3. The Morgan fingerprint density at radius 1 is 0.926 bits per heavy atom. The van der Waals surface area contributed by atoms with E-state index in [9.17, 15) is 9.36 Å². The molecule has 0 aliphatic heterocycles. The number of carbonyl (C=O) groups excluding carboxylic acids is 1. The van der Waals surface area contributed by atoms with Gasteiger partial charge in [0.15, 0.2) is 7.14 Å². The zero-order chi connectivity index (χ0) is 19.3. The van der Waals surface area contributed by atoms with Gasteiger partial charge < -0.3 is 9.46 Å². The van der Waals surface area contributed by atoms with Gasteiger partial charge in [-0.3, -0.25) is 4.79 Å². The van der Waals surface area contributed by atoms with Gasteiger partial charge >= 0.3 is 0 Å².